The van der Waals surface area contributed by atoms with E-state index in [0.29, 0.717) is 23.5 Å². The number of pyridine rings is 1. The lowest BCUT2D eigenvalue weighted by Crippen LogP contribution is -2.13. The zero-order chi connectivity index (χ0) is 20.5. The first-order valence-corrected chi connectivity index (χ1v) is 9.06. The molecule has 0 radical (unpaired) electrons. The normalized spacial score (nSPS) is 11.5. The summed E-state index contributed by atoms with van der Waals surface area (Å²) in [5.74, 6) is -0.669. The molecule has 28 heavy (non-hydrogen) atoms. The maximum atomic E-state index is 14.4. The molecule has 146 valence electrons. The Labute approximate surface area is 163 Å². The van der Waals surface area contributed by atoms with Gasteiger partial charge in [0.2, 0.25) is 0 Å². The van der Waals surface area contributed by atoms with Crippen LogP contribution in [0, 0.1) is 5.82 Å². The van der Waals surface area contributed by atoms with E-state index in [1.165, 1.54) is 18.3 Å². The summed E-state index contributed by atoms with van der Waals surface area (Å²) in [7, 11) is 0. The molecule has 0 aliphatic rings. The largest absolute Gasteiger partial charge is 0.478 e. The minimum atomic E-state index is -1.09. The Balaban J connectivity index is 2.18. The standard InChI is InChI=1S/C21H23FN4O2/c1-5-13-15(22)9-6-10-16(13)26-18(12-17(25-26)21(2,3)4)24-19-14(20(27)28)8-7-11-23-19/h6-12H,5H2,1-4H3,(H,23,24)(H,27,28). The quantitative estimate of drug-likeness (QED) is 0.668. The lowest BCUT2D eigenvalue weighted by Gasteiger charge is -2.15. The van der Waals surface area contributed by atoms with Crippen LogP contribution >= 0.6 is 0 Å². The smallest absolute Gasteiger partial charge is 0.339 e. The van der Waals surface area contributed by atoms with Crippen molar-refractivity contribution in [3.8, 4) is 5.69 Å². The van der Waals surface area contributed by atoms with Crippen LogP contribution in [-0.4, -0.2) is 25.8 Å². The molecule has 0 saturated carbocycles. The molecule has 2 N–H and O–H groups in total. The summed E-state index contributed by atoms with van der Waals surface area (Å²) >= 11 is 0. The van der Waals surface area contributed by atoms with Crippen LogP contribution in [0.25, 0.3) is 5.69 Å². The van der Waals surface area contributed by atoms with Gasteiger partial charge in [-0.05, 0) is 30.7 Å². The molecule has 1 aromatic carbocycles. The van der Waals surface area contributed by atoms with Crippen LogP contribution in [0.5, 0.6) is 0 Å². The third-order valence-corrected chi connectivity index (χ3v) is 4.44. The average molecular weight is 382 g/mol. The summed E-state index contributed by atoms with van der Waals surface area (Å²) in [6, 6.07) is 9.73. The number of hydrogen-bond donors (Lipinski definition) is 2. The van der Waals surface area contributed by atoms with E-state index in [9.17, 15) is 14.3 Å². The SMILES string of the molecule is CCc1c(F)cccc1-n1nc(C(C)(C)C)cc1Nc1ncccc1C(=O)O. The summed E-state index contributed by atoms with van der Waals surface area (Å²) in [5.41, 5.74) is 1.72. The summed E-state index contributed by atoms with van der Waals surface area (Å²) in [6.07, 6.45) is 2.01. The Morgan fingerprint density at radius 1 is 1.25 bits per heavy atom. The summed E-state index contributed by atoms with van der Waals surface area (Å²) in [6.45, 7) is 7.96. The van der Waals surface area contributed by atoms with Crippen molar-refractivity contribution in [2.45, 2.75) is 39.5 Å². The Bertz CT molecular complexity index is 1020. The van der Waals surface area contributed by atoms with Crippen molar-refractivity contribution in [3.05, 3.63) is 65.2 Å². The van der Waals surface area contributed by atoms with Gasteiger partial charge in [-0.25, -0.2) is 18.9 Å². The highest BCUT2D eigenvalue weighted by Crippen LogP contribution is 2.30. The molecular formula is C21H23FN4O2. The number of halogens is 1. The summed E-state index contributed by atoms with van der Waals surface area (Å²) < 4.78 is 16.0. The van der Waals surface area contributed by atoms with E-state index in [2.05, 4.69) is 15.4 Å². The molecule has 3 rings (SSSR count). The van der Waals surface area contributed by atoms with Crippen LogP contribution in [0.2, 0.25) is 0 Å². The molecule has 0 atom stereocenters. The van der Waals surface area contributed by atoms with Gasteiger partial charge < -0.3 is 10.4 Å². The van der Waals surface area contributed by atoms with Gasteiger partial charge in [-0.1, -0.05) is 33.8 Å². The zero-order valence-electron chi connectivity index (χ0n) is 16.3. The number of nitrogens with one attached hydrogen (secondary N) is 1. The maximum Gasteiger partial charge on any atom is 0.339 e. The first-order valence-electron chi connectivity index (χ1n) is 9.06. The van der Waals surface area contributed by atoms with E-state index in [1.807, 2.05) is 33.8 Å². The van der Waals surface area contributed by atoms with E-state index >= 15 is 0 Å². The highest BCUT2D eigenvalue weighted by Gasteiger charge is 2.23. The minimum absolute atomic E-state index is 0.0440. The van der Waals surface area contributed by atoms with E-state index in [-0.39, 0.29) is 22.6 Å². The monoisotopic (exact) mass is 382 g/mol. The van der Waals surface area contributed by atoms with Gasteiger partial charge in [0.05, 0.1) is 11.4 Å². The van der Waals surface area contributed by atoms with Crippen molar-refractivity contribution >= 4 is 17.6 Å². The van der Waals surface area contributed by atoms with E-state index < -0.39 is 5.97 Å². The van der Waals surface area contributed by atoms with E-state index in [0.717, 1.165) is 5.69 Å². The average Bonchev–Trinajstić information content (AvgIpc) is 3.06. The molecule has 0 bridgehead atoms. The fourth-order valence-electron chi connectivity index (χ4n) is 2.91. The summed E-state index contributed by atoms with van der Waals surface area (Å²) in [4.78, 5) is 15.7. The number of aromatic carboxylic acids is 1. The molecule has 2 aromatic heterocycles. The second-order valence-corrected chi connectivity index (χ2v) is 7.50. The topological polar surface area (TPSA) is 80.0 Å². The maximum absolute atomic E-state index is 14.4. The second kappa shape index (κ2) is 7.42. The van der Waals surface area contributed by atoms with Gasteiger partial charge in [0.15, 0.2) is 0 Å². The van der Waals surface area contributed by atoms with Crippen molar-refractivity contribution in [1.82, 2.24) is 14.8 Å². The van der Waals surface area contributed by atoms with E-state index in [4.69, 9.17) is 0 Å². The number of aromatic nitrogens is 3. The molecule has 0 fully saturated rings. The van der Waals surface area contributed by atoms with Gasteiger partial charge in [0, 0.05) is 23.2 Å². The van der Waals surface area contributed by atoms with Crippen LogP contribution in [0.3, 0.4) is 0 Å². The lowest BCUT2D eigenvalue weighted by molar-refractivity contribution is 0.0697. The Hall–Kier alpha value is -3.22. The number of rotatable bonds is 5. The molecule has 0 aliphatic heterocycles. The molecule has 6 nitrogen and oxygen atoms in total. The van der Waals surface area contributed by atoms with Crippen LogP contribution in [0.1, 0.15) is 49.3 Å². The van der Waals surface area contributed by atoms with E-state index in [1.54, 1.807) is 22.9 Å². The molecule has 0 unspecified atom stereocenters. The van der Waals surface area contributed by atoms with Gasteiger partial charge in [-0.15, -0.1) is 0 Å². The number of carbonyl (C=O) groups is 1. The van der Waals surface area contributed by atoms with Crippen LogP contribution in [-0.2, 0) is 11.8 Å². The molecule has 2 heterocycles. The van der Waals surface area contributed by atoms with Crippen LogP contribution < -0.4 is 5.32 Å². The molecule has 0 amide bonds. The Morgan fingerprint density at radius 3 is 2.64 bits per heavy atom. The van der Waals surface area contributed by atoms with Crippen molar-refractivity contribution in [1.29, 1.82) is 0 Å². The van der Waals surface area contributed by atoms with Crippen molar-refractivity contribution in [2.24, 2.45) is 0 Å². The molecule has 7 heteroatoms. The van der Waals surface area contributed by atoms with Gasteiger partial charge in [-0.3, -0.25) is 0 Å². The van der Waals surface area contributed by atoms with Crippen molar-refractivity contribution < 1.29 is 14.3 Å². The number of carboxylic acids is 1. The first kappa shape index (κ1) is 19.5. The highest BCUT2D eigenvalue weighted by atomic mass is 19.1. The van der Waals surface area contributed by atoms with Gasteiger partial charge in [0.25, 0.3) is 0 Å². The van der Waals surface area contributed by atoms with Crippen LogP contribution in [0.4, 0.5) is 16.0 Å². The predicted molar refractivity (Wildman–Crippen MR) is 106 cm³/mol. The Morgan fingerprint density at radius 2 is 2.00 bits per heavy atom. The molecular weight excluding hydrogens is 359 g/mol. The third kappa shape index (κ3) is 3.74. The molecule has 0 spiro atoms. The summed E-state index contributed by atoms with van der Waals surface area (Å²) in [5, 5.41) is 17.2. The zero-order valence-corrected chi connectivity index (χ0v) is 16.3. The Kier molecular flexibility index (Phi) is 5.18. The molecule has 3 aromatic rings. The van der Waals surface area contributed by atoms with Gasteiger partial charge in [-0.2, -0.15) is 5.10 Å². The van der Waals surface area contributed by atoms with Crippen molar-refractivity contribution in [2.75, 3.05) is 5.32 Å². The lowest BCUT2D eigenvalue weighted by atomic mass is 9.92. The molecule has 0 aliphatic carbocycles. The number of carboxylic acid groups (broad SMARTS) is 1. The van der Waals surface area contributed by atoms with Gasteiger partial charge in [0.1, 0.15) is 23.0 Å². The number of anilines is 2. The first-order chi connectivity index (χ1) is 13.2. The number of nitrogens with zero attached hydrogens (tertiary/aromatic N) is 3. The van der Waals surface area contributed by atoms with Crippen molar-refractivity contribution in [3.63, 3.8) is 0 Å². The third-order valence-electron chi connectivity index (χ3n) is 4.44. The highest BCUT2D eigenvalue weighted by molar-refractivity contribution is 5.93. The predicted octanol–water partition coefficient (Wildman–Crippen LogP) is 4.71. The minimum Gasteiger partial charge on any atom is -0.478 e. The van der Waals surface area contributed by atoms with Crippen LogP contribution in [0.15, 0.2) is 42.6 Å². The fourth-order valence-corrected chi connectivity index (χ4v) is 2.91. The number of benzene rings is 1. The fraction of sp³-hybridized carbons (Fsp3) is 0.286. The second-order valence-electron chi connectivity index (χ2n) is 7.50. The number of hydrogen-bond acceptors (Lipinski definition) is 4. The van der Waals surface area contributed by atoms with Gasteiger partial charge >= 0.3 is 5.97 Å². The molecule has 0 saturated heterocycles.